The number of carboxylic acid groups (broad SMARTS) is 1. The van der Waals surface area contributed by atoms with Gasteiger partial charge in [0.1, 0.15) is 16.5 Å². The molecule has 10 nitrogen and oxygen atoms in total. The van der Waals surface area contributed by atoms with Gasteiger partial charge in [-0.2, -0.15) is 9.78 Å². The topological polar surface area (TPSA) is 140 Å². The lowest BCUT2D eigenvalue weighted by Crippen LogP contribution is -2.26. The molecule has 1 fully saturated rings. The minimum Gasteiger partial charge on any atom is -0.476 e. The number of anilines is 1. The van der Waals surface area contributed by atoms with Crippen LogP contribution in [-0.4, -0.2) is 41.2 Å². The Kier molecular flexibility index (Phi) is 6.73. The molecule has 2 aromatic heterocycles. The molecule has 5 rings (SSSR count). The average Bonchev–Trinajstić information content (AvgIpc) is 3.36. The third kappa shape index (κ3) is 5.30. The Morgan fingerprint density at radius 2 is 1.95 bits per heavy atom. The van der Waals surface area contributed by atoms with E-state index in [0.29, 0.717) is 17.7 Å². The monoisotopic (exact) mass is 556 g/mol. The van der Waals surface area contributed by atoms with Gasteiger partial charge in [-0.05, 0) is 67.6 Å². The third-order valence-corrected chi connectivity index (χ3v) is 8.08. The predicted molar refractivity (Wildman–Crippen MR) is 137 cm³/mol. The van der Waals surface area contributed by atoms with Gasteiger partial charge in [-0.1, -0.05) is 12.1 Å². The van der Waals surface area contributed by atoms with Crippen LogP contribution in [0.15, 0.2) is 64.9 Å². The molecule has 0 radical (unpaired) electrons. The first-order valence-corrected chi connectivity index (χ1v) is 13.8. The van der Waals surface area contributed by atoms with Gasteiger partial charge in [0.15, 0.2) is 5.69 Å². The van der Waals surface area contributed by atoms with Gasteiger partial charge < -0.3 is 15.2 Å². The van der Waals surface area contributed by atoms with Gasteiger partial charge in [-0.15, -0.1) is 11.3 Å². The highest BCUT2D eigenvalue weighted by Crippen LogP contribution is 2.36. The molecule has 2 aromatic carbocycles. The van der Waals surface area contributed by atoms with Crippen LogP contribution in [0, 0.1) is 12.7 Å². The van der Waals surface area contributed by atoms with Crippen LogP contribution in [-0.2, 0) is 10.0 Å². The molecule has 0 atom stereocenters. The number of amides is 1. The van der Waals surface area contributed by atoms with E-state index >= 15 is 0 Å². The molecule has 0 saturated heterocycles. The molecular weight excluding hydrogens is 535 g/mol. The number of carboxylic acids is 1. The number of nitrogens with one attached hydrogen (secondary N) is 2. The van der Waals surface area contributed by atoms with E-state index in [0.717, 1.165) is 10.7 Å². The zero-order valence-electron chi connectivity index (χ0n) is 19.8. The number of carbonyl (C=O) groups is 2. The van der Waals surface area contributed by atoms with Crippen LogP contribution in [0.2, 0.25) is 0 Å². The summed E-state index contributed by atoms with van der Waals surface area (Å²) in [6.07, 6.45) is 1.38. The maximum atomic E-state index is 14.0. The van der Waals surface area contributed by atoms with E-state index in [4.69, 9.17) is 4.74 Å². The smallest absolute Gasteiger partial charge is 0.356 e. The van der Waals surface area contributed by atoms with E-state index in [1.165, 1.54) is 54.7 Å². The van der Waals surface area contributed by atoms with Crippen LogP contribution in [0.5, 0.6) is 11.6 Å². The average molecular weight is 557 g/mol. The lowest BCUT2D eigenvalue weighted by atomic mass is 10.2. The summed E-state index contributed by atoms with van der Waals surface area (Å²) < 4.78 is 50.2. The van der Waals surface area contributed by atoms with Crippen LogP contribution in [0.1, 0.15) is 38.6 Å². The van der Waals surface area contributed by atoms with Crippen molar-refractivity contribution in [2.75, 3.05) is 5.32 Å². The number of aromatic carboxylic acids is 1. The molecule has 13 heteroatoms. The largest absolute Gasteiger partial charge is 0.476 e. The van der Waals surface area contributed by atoms with Gasteiger partial charge >= 0.3 is 5.97 Å². The van der Waals surface area contributed by atoms with Crippen molar-refractivity contribution < 1.29 is 32.2 Å². The molecule has 1 saturated carbocycles. The summed E-state index contributed by atoms with van der Waals surface area (Å²) in [4.78, 5) is 24.5. The maximum Gasteiger partial charge on any atom is 0.356 e. The third-order valence-electron chi connectivity index (χ3n) is 5.67. The Morgan fingerprint density at radius 1 is 1.16 bits per heavy atom. The van der Waals surface area contributed by atoms with Gasteiger partial charge in [0.25, 0.3) is 5.91 Å². The van der Waals surface area contributed by atoms with E-state index in [-0.39, 0.29) is 45.2 Å². The minimum atomic E-state index is -4.10. The van der Waals surface area contributed by atoms with Crippen molar-refractivity contribution in [2.45, 2.75) is 30.7 Å². The highest BCUT2D eigenvalue weighted by atomic mass is 32.2. The normalized spacial score (nSPS) is 13.3. The molecule has 0 bridgehead atoms. The number of ether oxygens (including phenoxy) is 1. The quantitative estimate of drug-likeness (QED) is 0.274. The second-order valence-corrected chi connectivity index (χ2v) is 11.2. The summed E-state index contributed by atoms with van der Waals surface area (Å²) in [7, 11) is -4.10. The Morgan fingerprint density at radius 3 is 2.61 bits per heavy atom. The molecule has 0 unspecified atom stereocenters. The van der Waals surface area contributed by atoms with Crippen LogP contribution >= 0.6 is 11.3 Å². The molecule has 3 N–H and O–H groups in total. The van der Waals surface area contributed by atoms with Crippen molar-refractivity contribution in [1.29, 1.82) is 0 Å². The molecule has 1 aliphatic carbocycles. The van der Waals surface area contributed by atoms with E-state index < -0.39 is 27.7 Å². The first-order chi connectivity index (χ1) is 18.1. The number of carbonyl (C=O) groups excluding carboxylic acids is 1. The summed E-state index contributed by atoms with van der Waals surface area (Å²) in [5.41, 5.74) is 0.157. The molecular formula is C25H21FN4O6S2. The number of hydrogen-bond donors (Lipinski definition) is 3. The Hall–Kier alpha value is -4.07. The highest BCUT2D eigenvalue weighted by Gasteiger charge is 2.31. The number of benzene rings is 2. The second kappa shape index (κ2) is 10.0. The molecule has 38 heavy (non-hydrogen) atoms. The predicted octanol–water partition coefficient (Wildman–Crippen LogP) is 4.56. The van der Waals surface area contributed by atoms with Gasteiger partial charge in [-0.25, -0.2) is 22.3 Å². The highest BCUT2D eigenvalue weighted by molar-refractivity contribution is 7.89. The van der Waals surface area contributed by atoms with E-state index in [9.17, 15) is 27.5 Å². The summed E-state index contributed by atoms with van der Waals surface area (Å²) >= 11 is 1.24. The fraction of sp³-hybridized carbons (Fsp3) is 0.160. The Balaban J connectivity index is 1.58. The van der Waals surface area contributed by atoms with E-state index in [1.807, 2.05) is 0 Å². The van der Waals surface area contributed by atoms with Gasteiger partial charge in [0.05, 0.1) is 10.6 Å². The number of rotatable bonds is 9. The molecule has 0 spiro atoms. The van der Waals surface area contributed by atoms with Gasteiger partial charge in [-0.3, -0.25) is 4.79 Å². The Bertz CT molecular complexity index is 1650. The first-order valence-electron chi connectivity index (χ1n) is 11.4. The zero-order valence-corrected chi connectivity index (χ0v) is 21.5. The number of halogens is 1. The second-order valence-electron chi connectivity index (χ2n) is 8.57. The zero-order chi connectivity index (χ0) is 27.0. The van der Waals surface area contributed by atoms with Crippen LogP contribution < -0.4 is 14.8 Å². The van der Waals surface area contributed by atoms with Crippen LogP contribution in [0.4, 0.5) is 10.1 Å². The molecule has 0 aliphatic heterocycles. The lowest BCUT2D eigenvalue weighted by molar-refractivity contribution is 0.0689. The molecule has 196 valence electrons. The SMILES string of the molecule is Cc1c(C(=O)O)nn(-c2cccc(F)c2)c1Oc1ccc(NC(=O)c2cccs2)cc1S(=O)(=O)NC1CC1. The number of sulfonamides is 1. The van der Waals surface area contributed by atoms with E-state index in [2.05, 4.69) is 15.1 Å². The Labute approximate surface area is 220 Å². The number of aromatic nitrogens is 2. The van der Waals surface area contributed by atoms with Crippen molar-refractivity contribution >= 4 is 38.9 Å². The fourth-order valence-corrected chi connectivity index (χ4v) is 5.73. The van der Waals surface area contributed by atoms with Crippen molar-refractivity contribution in [2.24, 2.45) is 0 Å². The van der Waals surface area contributed by atoms with E-state index in [1.54, 1.807) is 17.5 Å². The lowest BCUT2D eigenvalue weighted by Gasteiger charge is -2.16. The van der Waals surface area contributed by atoms with Crippen molar-refractivity contribution in [3.63, 3.8) is 0 Å². The molecule has 4 aromatic rings. The summed E-state index contributed by atoms with van der Waals surface area (Å²) in [6, 6.07) is 12.5. The maximum absolute atomic E-state index is 14.0. The molecule has 1 amide bonds. The molecule has 2 heterocycles. The van der Waals surface area contributed by atoms with Crippen molar-refractivity contribution in [3.05, 3.63) is 81.9 Å². The summed E-state index contributed by atoms with van der Waals surface area (Å²) in [5, 5.41) is 18.1. The number of hydrogen-bond acceptors (Lipinski definition) is 7. The van der Waals surface area contributed by atoms with Gasteiger partial charge in [0, 0.05) is 17.3 Å². The van der Waals surface area contributed by atoms with Gasteiger partial charge in [0.2, 0.25) is 15.9 Å². The van der Waals surface area contributed by atoms with Crippen molar-refractivity contribution in [1.82, 2.24) is 14.5 Å². The summed E-state index contributed by atoms with van der Waals surface area (Å²) in [5.74, 6) is -2.56. The number of thiophene rings is 1. The standard InChI is InChI=1S/C25H21FN4O6S2/c1-14-22(25(32)33)28-30(18-5-2-4-15(26)12-18)24(14)36-19-10-9-17(27-23(31)20-6-3-11-37-20)13-21(19)38(34,35)29-16-7-8-16/h2-6,9-13,16,29H,7-8H2,1H3,(H,27,31)(H,32,33). The molecule has 1 aliphatic rings. The fourth-order valence-electron chi connectivity index (χ4n) is 3.66. The van der Waals surface area contributed by atoms with Crippen LogP contribution in [0.3, 0.4) is 0 Å². The summed E-state index contributed by atoms with van der Waals surface area (Å²) in [6.45, 7) is 1.45. The minimum absolute atomic E-state index is 0.105. The first kappa shape index (κ1) is 25.6. The number of nitrogens with zero attached hydrogens (tertiary/aromatic N) is 2. The van der Waals surface area contributed by atoms with Crippen LogP contribution in [0.25, 0.3) is 5.69 Å². The van der Waals surface area contributed by atoms with Crippen molar-refractivity contribution in [3.8, 4) is 17.3 Å².